The lowest BCUT2D eigenvalue weighted by Gasteiger charge is -2.43. The topological polar surface area (TPSA) is 65.1 Å². The van der Waals surface area contributed by atoms with Crippen molar-refractivity contribution in [2.24, 2.45) is 0 Å². The molecule has 0 atom stereocenters. The molecule has 0 fully saturated rings. The van der Waals surface area contributed by atoms with Gasteiger partial charge in [-0.2, -0.15) is 10.5 Å². The van der Waals surface area contributed by atoms with Crippen molar-refractivity contribution < 1.29 is 4.42 Å². The van der Waals surface area contributed by atoms with Crippen molar-refractivity contribution in [1.82, 2.24) is 4.40 Å². The summed E-state index contributed by atoms with van der Waals surface area (Å²) in [6.45, 7) is 0. The van der Waals surface area contributed by atoms with Gasteiger partial charge in [-0.1, -0.05) is 121 Å². The van der Waals surface area contributed by atoms with Crippen LogP contribution in [0.4, 0.5) is 0 Å². The first-order valence-corrected chi connectivity index (χ1v) is 21.5. The third kappa shape index (κ3) is 3.39. The Balaban J connectivity index is 1.16. The Kier molecular flexibility index (Phi) is 5.41. The molecule has 9 aromatic carbocycles. The van der Waals surface area contributed by atoms with Gasteiger partial charge in [-0.25, -0.2) is 0 Å². The first kappa shape index (κ1) is 31.7. The Bertz CT molecular complexity index is 4130. The number of rotatable bonds is 0. The number of aromatic nitrogens is 1. The molecule has 12 aromatic rings. The summed E-state index contributed by atoms with van der Waals surface area (Å²) >= 11 is 0. The Morgan fingerprint density at radius 3 is 1.31 bits per heavy atom. The van der Waals surface area contributed by atoms with Gasteiger partial charge in [-0.15, -0.1) is 0 Å². The molecule has 4 heteroatoms. The lowest BCUT2D eigenvalue weighted by atomic mass is 9.59. The molecule has 0 radical (unpaired) electrons. The van der Waals surface area contributed by atoms with Gasteiger partial charge in [-0.05, 0) is 108 Å². The molecule has 4 bridgehead atoms. The summed E-state index contributed by atoms with van der Waals surface area (Å²) in [4.78, 5) is 0. The minimum Gasteiger partial charge on any atom is -0.455 e. The van der Waals surface area contributed by atoms with Gasteiger partial charge >= 0.3 is 0 Å². The third-order valence-corrected chi connectivity index (χ3v) is 15.5. The van der Waals surface area contributed by atoms with Crippen LogP contribution in [-0.4, -0.2) is 4.40 Å². The van der Waals surface area contributed by atoms with Crippen LogP contribution in [0.15, 0.2) is 156 Å². The summed E-state index contributed by atoms with van der Waals surface area (Å²) in [6, 6.07) is 60.6. The largest absolute Gasteiger partial charge is 0.455 e. The van der Waals surface area contributed by atoms with Crippen molar-refractivity contribution in [1.29, 1.82) is 10.5 Å². The van der Waals surface area contributed by atoms with Crippen molar-refractivity contribution in [3.8, 4) is 12.1 Å². The van der Waals surface area contributed by atoms with Gasteiger partial charge < -0.3 is 8.82 Å². The molecular formula is C58H29N3O. The van der Waals surface area contributed by atoms with Crippen LogP contribution in [0.1, 0.15) is 102 Å². The van der Waals surface area contributed by atoms with E-state index in [9.17, 15) is 10.5 Å². The molecule has 18 rings (SSSR count). The van der Waals surface area contributed by atoms with E-state index in [2.05, 4.69) is 168 Å². The fourth-order valence-electron chi connectivity index (χ4n) is 13.4. The molecule has 3 aromatic heterocycles. The number of fused-ring (bicyclic) bond motifs is 11. The zero-order valence-electron chi connectivity index (χ0n) is 33.0. The van der Waals surface area contributed by atoms with Crippen LogP contribution in [0, 0.1) is 22.7 Å². The van der Waals surface area contributed by atoms with Gasteiger partial charge in [0.1, 0.15) is 11.2 Å². The normalized spacial score (nSPS) is 18.6. The number of furan rings is 1. The summed E-state index contributed by atoms with van der Waals surface area (Å²) in [6.07, 6.45) is 0. The van der Waals surface area contributed by atoms with Crippen LogP contribution in [0.3, 0.4) is 0 Å². The molecule has 0 saturated heterocycles. The molecule has 0 unspecified atom stereocenters. The fraction of sp³-hybridized carbons (Fsp3) is 0.0690. The van der Waals surface area contributed by atoms with E-state index in [1.807, 2.05) is 0 Å². The quantitative estimate of drug-likeness (QED) is 0.154. The number of nitriles is 2. The minimum absolute atomic E-state index is 0.0396. The van der Waals surface area contributed by atoms with Crippen LogP contribution < -0.4 is 0 Å². The van der Waals surface area contributed by atoms with Crippen LogP contribution in [0.25, 0.3) is 70.8 Å². The third-order valence-electron chi connectivity index (χ3n) is 15.5. The van der Waals surface area contributed by atoms with Gasteiger partial charge in [0.2, 0.25) is 0 Å². The lowest BCUT2D eigenvalue weighted by Crippen LogP contribution is -2.28. The van der Waals surface area contributed by atoms with E-state index < -0.39 is 0 Å². The summed E-state index contributed by atoms with van der Waals surface area (Å²) in [5.74, 6) is -0.221. The molecule has 282 valence electrons. The van der Waals surface area contributed by atoms with E-state index >= 15 is 0 Å². The van der Waals surface area contributed by atoms with Gasteiger partial charge in [0.05, 0.1) is 45.2 Å². The van der Waals surface area contributed by atoms with Crippen molar-refractivity contribution in [3.05, 3.63) is 230 Å². The van der Waals surface area contributed by atoms with Crippen LogP contribution in [0.5, 0.6) is 0 Å². The first-order valence-electron chi connectivity index (χ1n) is 21.5. The molecule has 0 saturated carbocycles. The summed E-state index contributed by atoms with van der Waals surface area (Å²) in [5, 5.41) is 31.5. The van der Waals surface area contributed by atoms with E-state index in [4.69, 9.17) is 4.42 Å². The van der Waals surface area contributed by atoms with Crippen molar-refractivity contribution in [2.75, 3.05) is 0 Å². The molecule has 6 aliphatic rings. The predicted octanol–water partition coefficient (Wildman–Crippen LogP) is 13.6. The Morgan fingerprint density at radius 2 is 0.823 bits per heavy atom. The zero-order valence-corrected chi connectivity index (χ0v) is 33.0. The van der Waals surface area contributed by atoms with E-state index in [-0.39, 0.29) is 23.7 Å². The maximum absolute atomic E-state index is 11.3. The monoisotopic (exact) mass is 783 g/mol. The Hall–Kier alpha value is -8.18. The molecule has 62 heavy (non-hydrogen) atoms. The van der Waals surface area contributed by atoms with E-state index in [1.165, 1.54) is 66.4 Å². The number of nitrogens with zero attached hydrogens (tertiary/aromatic N) is 3. The smallest absolute Gasteiger partial charge is 0.145 e. The molecule has 6 aliphatic carbocycles. The van der Waals surface area contributed by atoms with Crippen molar-refractivity contribution >= 4 is 70.8 Å². The number of hydrogen-bond donors (Lipinski definition) is 0. The highest BCUT2D eigenvalue weighted by Crippen LogP contribution is 2.63. The fourth-order valence-corrected chi connectivity index (χ4v) is 13.4. The maximum atomic E-state index is 11.3. The second-order valence-electron chi connectivity index (χ2n) is 17.9. The summed E-state index contributed by atoms with van der Waals surface area (Å²) in [7, 11) is 0. The van der Waals surface area contributed by atoms with Crippen LogP contribution in [0.2, 0.25) is 0 Å². The standard InChI is InChI=1S/C58H29N3O/c59-26-30-22-43-52(54-46(30)48-32-13-3-7-17-36(32)50(54)37-18-8-4-14-33(37)48)42-25-41-40-21-28-11-1-2-12-29(28)24-45(40)62-58(41)56-53-44(61(43)57(42)56)23-31(27-60)47-49-34-15-5-9-19-38(34)51(55(47)53)39-20-10-6-16-35(39)49/h1-25,48-51H. The molecule has 4 nitrogen and oxygen atoms in total. The van der Waals surface area contributed by atoms with E-state index in [0.29, 0.717) is 11.1 Å². The zero-order chi connectivity index (χ0) is 40.3. The SMILES string of the molecule is N#Cc1cc2c(c3c1C1c4ccccc4C3c3ccccc31)c1cc3c4cc5ccccc5cc4oc3c3c4c5c(c(C#N)cc4n2c13)C1c2ccccc2C5c2ccccc21. The molecule has 0 aliphatic heterocycles. The second-order valence-corrected chi connectivity index (χ2v) is 17.9. The Morgan fingerprint density at radius 1 is 0.403 bits per heavy atom. The summed E-state index contributed by atoms with van der Waals surface area (Å²) in [5.41, 5.74) is 21.3. The van der Waals surface area contributed by atoms with Crippen molar-refractivity contribution in [3.63, 3.8) is 0 Å². The van der Waals surface area contributed by atoms with Gasteiger partial charge in [0, 0.05) is 50.6 Å². The molecule has 3 heterocycles. The Labute approximate surface area is 354 Å². The molecule has 0 N–H and O–H groups in total. The highest BCUT2D eigenvalue weighted by molar-refractivity contribution is 6.34. The average Bonchev–Trinajstić information content (AvgIpc) is 3.98. The number of benzene rings is 9. The van der Waals surface area contributed by atoms with Gasteiger partial charge in [0.15, 0.2) is 0 Å². The molecular weight excluding hydrogens is 755 g/mol. The second kappa shape index (κ2) is 10.6. The van der Waals surface area contributed by atoms with Gasteiger partial charge in [0.25, 0.3) is 0 Å². The minimum atomic E-state index is -0.0670. The highest BCUT2D eigenvalue weighted by Gasteiger charge is 2.47. The molecule has 0 spiro atoms. The maximum Gasteiger partial charge on any atom is 0.145 e. The van der Waals surface area contributed by atoms with E-state index in [0.717, 1.165) is 71.2 Å². The molecule has 0 amide bonds. The van der Waals surface area contributed by atoms with E-state index in [1.54, 1.807) is 0 Å². The van der Waals surface area contributed by atoms with Crippen molar-refractivity contribution in [2.45, 2.75) is 23.7 Å². The van der Waals surface area contributed by atoms with Crippen LogP contribution in [-0.2, 0) is 0 Å². The number of hydrogen-bond acceptors (Lipinski definition) is 3. The van der Waals surface area contributed by atoms with Crippen LogP contribution >= 0.6 is 0 Å². The average molecular weight is 784 g/mol. The highest BCUT2D eigenvalue weighted by atomic mass is 16.3. The lowest BCUT2D eigenvalue weighted by molar-refractivity contribution is 0.673. The van der Waals surface area contributed by atoms with Gasteiger partial charge in [-0.3, -0.25) is 0 Å². The predicted molar refractivity (Wildman–Crippen MR) is 245 cm³/mol. The first-order chi connectivity index (χ1) is 30.7. The summed E-state index contributed by atoms with van der Waals surface area (Å²) < 4.78 is 9.62.